The zero-order valence-corrected chi connectivity index (χ0v) is 10.0. The van der Waals surface area contributed by atoms with Gasteiger partial charge in [0.25, 0.3) is 0 Å². The highest BCUT2D eigenvalue weighted by Crippen LogP contribution is 2.26. The molecule has 0 atom stereocenters. The topological polar surface area (TPSA) is 39.4 Å². The predicted octanol–water partition coefficient (Wildman–Crippen LogP) is 3.29. The van der Waals surface area contributed by atoms with Crippen molar-refractivity contribution in [1.82, 2.24) is 14.6 Å². The summed E-state index contributed by atoms with van der Waals surface area (Å²) in [5.74, 6) is -0.258. The second-order valence-electron chi connectivity index (χ2n) is 4.05. The summed E-state index contributed by atoms with van der Waals surface area (Å²) in [4.78, 5) is 4.19. The van der Waals surface area contributed by atoms with Gasteiger partial charge in [-0.3, -0.25) is 0 Å². The van der Waals surface area contributed by atoms with E-state index in [1.807, 2.05) is 6.07 Å². The van der Waals surface area contributed by atoms with Gasteiger partial charge in [-0.15, -0.1) is 13.2 Å². The molecule has 3 rings (SSSR count). The molecule has 4 nitrogen and oxygen atoms in total. The molecular formula is C13H8F3N3O. The summed E-state index contributed by atoms with van der Waals surface area (Å²) in [6, 6.07) is 9.17. The van der Waals surface area contributed by atoms with E-state index in [-0.39, 0.29) is 5.75 Å². The molecule has 2 aromatic heterocycles. The number of nitrogens with zero attached hydrogens (tertiary/aromatic N) is 3. The molecule has 0 fully saturated rings. The van der Waals surface area contributed by atoms with Crippen LogP contribution in [0.3, 0.4) is 0 Å². The Labute approximate surface area is 111 Å². The van der Waals surface area contributed by atoms with Gasteiger partial charge in [0.05, 0.1) is 17.4 Å². The van der Waals surface area contributed by atoms with E-state index in [2.05, 4.69) is 14.8 Å². The molecule has 0 aliphatic rings. The number of rotatable bonds is 2. The van der Waals surface area contributed by atoms with Crippen LogP contribution < -0.4 is 4.74 Å². The molecule has 2 heterocycles. The highest BCUT2D eigenvalue weighted by molar-refractivity contribution is 5.65. The van der Waals surface area contributed by atoms with Crippen LogP contribution in [0.5, 0.6) is 5.75 Å². The summed E-state index contributed by atoms with van der Waals surface area (Å²) < 4.78 is 41.6. The van der Waals surface area contributed by atoms with Gasteiger partial charge in [-0.25, -0.2) is 9.50 Å². The zero-order valence-electron chi connectivity index (χ0n) is 10.0. The van der Waals surface area contributed by atoms with Gasteiger partial charge in [0.15, 0.2) is 0 Å². The Morgan fingerprint density at radius 3 is 2.50 bits per heavy atom. The van der Waals surface area contributed by atoms with E-state index in [1.54, 1.807) is 23.1 Å². The summed E-state index contributed by atoms with van der Waals surface area (Å²) in [5, 5.41) is 4.02. The largest absolute Gasteiger partial charge is 0.573 e. The standard InChI is InChI=1S/C13H8F3N3O/c14-13(15,16)20-11-3-1-9(2-4-11)12-7-10-5-6-18-19(10)8-17-12/h1-8H. The van der Waals surface area contributed by atoms with E-state index in [0.29, 0.717) is 11.3 Å². The second-order valence-corrected chi connectivity index (χ2v) is 4.05. The molecule has 0 saturated heterocycles. The average Bonchev–Trinajstić information content (AvgIpc) is 2.85. The molecule has 3 aromatic rings. The number of hydrogen-bond donors (Lipinski definition) is 0. The van der Waals surface area contributed by atoms with Crippen molar-refractivity contribution >= 4 is 5.52 Å². The Kier molecular flexibility index (Phi) is 2.81. The van der Waals surface area contributed by atoms with Crippen molar-refractivity contribution in [2.45, 2.75) is 6.36 Å². The quantitative estimate of drug-likeness (QED) is 0.722. The predicted molar refractivity (Wildman–Crippen MR) is 65.1 cm³/mol. The summed E-state index contributed by atoms with van der Waals surface area (Å²) >= 11 is 0. The van der Waals surface area contributed by atoms with Crippen LogP contribution in [0.2, 0.25) is 0 Å². The Hall–Kier alpha value is -2.57. The lowest BCUT2D eigenvalue weighted by molar-refractivity contribution is -0.274. The smallest absolute Gasteiger partial charge is 0.406 e. The van der Waals surface area contributed by atoms with Crippen molar-refractivity contribution < 1.29 is 17.9 Å². The van der Waals surface area contributed by atoms with Crippen LogP contribution in [-0.2, 0) is 0 Å². The van der Waals surface area contributed by atoms with Crippen molar-refractivity contribution in [3.63, 3.8) is 0 Å². The Balaban J connectivity index is 1.90. The highest BCUT2D eigenvalue weighted by atomic mass is 19.4. The maximum absolute atomic E-state index is 12.1. The van der Waals surface area contributed by atoms with Gasteiger partial charge >= 0.3 is 6.36 Å². The minimum atomic E-state index is -4.68. The SMILES string of the molecule is FC(F)(F)Oc1ccc(-c2cc3ccnn3cn2)cc1. The average molecular weight is 279 g/mol. The molecule has 0 radical (unpaired) electrons. The van der Waals surface area contributed by atoms with Gasteiger partial charge < -0.3 is 4.74 Å². The maximum Gasteiger partial charge on any atom is 0.573 e. The number of fused-ring (bicyclic) bond motifs is 1. The normalized spacial score (nSPS) is 11.8. The van der Waals surface area contributed by atoms with Gasteiger partial charge in [0, 0.05) is 5.56 Å². The van der Waals surface area contributed by atoms with E-state index >= 15 is 0 Å². The van der Waals surface area contributed by atoms with E-state index in [0.717, 1.165) is 5.52 Å². The van der Waals surface area contributed by atoms with Crippen molar-refractivity contribution in [3.05, 3.63) is 48.9 Å². The van der Waals surface area contributed by atoms with Gasteiger partial charge in [0.1, 0.15) is 12.1 Å². The van der Waals surface area contributed by atoms with Crippen LogP contribution in [-0.4, -0.2) is 21.0 Å². The minimum Gasteiger partial charge on any atom is -0.406 e. The van der Waals surface area contributed by atoms with Crippen LogP contribution in [0.25, 0.3) is 16.8 Å². The molecule has 0 N–H and O–H groups in total. The monoisotopic (exact) mass is 279 g/mol. The van der Waals surface area contributed by atoms with Crippen molar-refractivity contribution in [2.24, 2.45) is 0 Å². The van der Waals surface area contributed by atoms with Crippen LogP contribution in [0, 0.1) is 0 Å². The lowest BCUT2D eigenvalue weighted by Gasteiger charge is -2.09. The second kappa shape index (κ2) is 4.52. The Bertz CT molecular complexity index is 734. The summed E-state index contributed by atoms with van der Waals surface area (Å²) in [5.41, 5.74) is 2.20. The van der Waals surface area contributed by atoms with Crippen molar-refractivity contribution in [2.75, 3.05) is 0 Å². The number of ether oxygens (including phenoxy) is 1. The zero-order chi connectivity index (χ0) is 14.2. The van der Waals surface area contributed by atoms with Gasteiger partial charge in [-0.1, -0.05) is 0 Å². The summed E-state index contributed by atoms with van der Waals surface area (Å²) in [6.45, 7) is 0. The first-order valence-corrected chi connectivity index (χ1v) is 5.67. The molecular weight excluding hydrogens is 271 g/mol. The van der Waals surface area contributed by atoms with Crippen LogP contribution >= 0.6 is 0 Å². The fourth-order valence-electron chi connectivity index (χ4n) is 1.81. The van der Waals surface area contributed by atoms with Gasteiger partial charge in [0.2, 0.25) is 0 Å². The van der Waals surface area contributed by atoms with Gasteiger partial charge in [-0.2, -0.15) is 5.10 Å². The molecule has 0 saturated carbocycles. The van der Waals surface area contributed by atoms with E-state index in [9.17, 15) is 13.2 Å². The fourth-order valence-corrected chi connectivity index (χ4v) is 1.81. The number of halogens is 3. The number of aromatic nitrogens is 3. The summed E-state index contributed by atoms with van der Waals surface area (Å²) in [6.07, 6.45) is -1.50. The third kappa shape index (κ3) is 2.56. The van der Waals surface area contributed by atoms with Crippen LogP contribution in [0.1, 0.15) is 0 Å². The molecule has 0 aliphatic carbocycles. The maximum atomic E-state index is 12.1. The molecule has 0 spiro atoms. The minimum absolute atomic E-state index is 0.258. The first-order valence-electron chi connectivity index (χ1n) is 5.67. The van der Waals surface area contributed by atoms with Crippen LogP contribution in [0.4, 0.5) is 13.2 Å². The molecule has 0 bridgehead atoms. The van der Waals surface area contributed by atoms with E-state index in [1.165, 1.54) is 24.3 Å². The molecule has 7 heteroatoms. The third-order valence-corrected chi connectivity index (χ3v) is 2.68. The van der Waals surface area contributed by atoms with E-state index < -0.39 is 6.36 Å². The molecule has 0 aliphatic heterocycles. The number of hydrogen-bond acceptors (Lipinski definition) is 3. The lowest BCUT2D eigenvalue weighted by Crippen LogP contribution is -2.16. The number of benzene rings is 1. The first kappa shape index (κ1) is 12.5. The Morgan fingerprint density at radius 1 is 1.05 bits per heavy atom. The third-order valence-electron chi connectivity index (χ3n) is 2.68. The molecule has 1 aromatic carbocycles. The van der Waals surface area contributed by atoms with Crippen LogP contribution in [0.15, 0.2) is 48.9 Å². The molecule has 102 valence electrons. The molecule has 0 amide bonds. The summed E-state index contributed by atoms with van der Waals surface area (Å²) in [7, 11) is 0. The van der Waals surface area contributed by atoms with Gasteiger partial charge in [-0.05, 0) is 36.4 Å². The van der Waals surface area contributed by atoms with E-state index in [4.69, 9.17) is 0 Å². The Morgan fingerprint density at radius 2 is 1.80 bits per heavy atom. The van der Waals surface area contributed by atoms with Crippen molar-refractivity contribution in [1.29, 1.82) is 0 Å². The first-order chi connectivity index (χ1) is 9.51. The number of alkyl halides is 3. The lowest BCUT2D eigenvalue weighted by atomic mass is 10.1. The van der Waals surface area contributed by atoms with Crippen molar-refractivity contribution in [3.8, 4) is 17.0 Å². The molecule has 0 unspecified atom stereocenters. The highest BCUT2D eigenvalue weighted by Gasteiger charge is 2.30. The molecule has 20 heavy (non-hydrogen) atoms. The fraction of sp³-hybridized carbons (Fsp3) is 0.0769.